The first kappa shape index (κ1) is 16.4. The van der Waals surface area contributed by atoms with Crippen molar-refractivity contribution in [2.24, 2.45) is 5.92 Å². The van der Waals surface area contributed by atoms with E-state index in [4.69, 9.17) is 0 Å². The summed E-state index contributed by atoms with van der Waals surface area (Å²) in [6.45, 7) is 0. The Kier molecular flexibility index (Phi) is 4.24. The normalized spacial score (nSPS) is 15.3. The number of benzene rings is 1. The number of halogens is 1. The van der Waals surface area contributed by atoms with Crippen LogP contribution in [0.4, 0.5) is 4.39 Å². The van der Waals surface area contributed by atoms with Crippen LogP contribution in [0.15, 0.2) is 41.6 Å². The first-order valence-corrected chi connectivity index (χ1v) is 8.66. The van der Waals surface area contributed by atoms with E-state index >= 15 is 0 Å². The van der Waals surface area contributed by atoms with Crippen LogP contribution in [-0.4, -0.2) is 25.3 Å². The van der Waals surface area contributed by atoms with E-state index in [-0.39, 0.29) is 23.0 Å². The number of nitrogens with zero attached hydrogens (tertiary/aromatic N) is 4. The second-order valence-electron chi connectivity index (χ2n) is 6.50. The molecule has 2 aromatic heterocycles. The van der Waals surface area contributed by atoms with E-state index in [2.05, 4.69) is 15.5 Å². The number of amides is 1. The summed E-state index contributed by atoms with van der Waals surface area (Å²) >= 11 is 0. The molecule has 26 heavy (non-hydrogen) atoms. The van der Waals surface area contributed by atoms with Gasteiger partial charge in [0.05, 0.1) is 11.9 Å². The van der Waals surface area contributed by atoms with Crippen LogP contribution >= 0.6 is 0 Å². The molecule has 0 atom stereocenters. The maximum absolute atomic E-state index is 13.1. The van der Waals surface area contributed by atoms with E-state index in [1.54, 1.807) is 12.1 Å². The van der Waals surface area contributed by atoms with Crippen LogP contribution in [0, 0.1) is 11.7 Å². The van der Waals surface area contributed by atoms with Crippen molar-refractivity contribution in [3.8, 4) is 5.69 Å². The minimum Gasteiger partial charge on any atom is -0.273 e. The molecule has 1 amide bonds. The maximum Gasteiger partial charge on any atom is 0.283 e. The van der Waals surface area contributed by atoms with Gasteiger partial charge >= 0.3 is 0 Å². The van der Waals surface area contributed by atoms with E-state index in [0.717, 1.165) is 36.8 Å². The lowest BCUT2D eigenvalue weighted by atomic mass is 9.89. The van der Waals surface area contributed by atoms with E-state index in [0.29, 0.717) is 11.3 Å². The van der Waals surface area contributed by atoms with Crippen molar-refractivity contribution in [3.63, 3.8) is 0 Å². The second kappa shape index (κ2) is 6.70. The van der Waals surface area contributed by atoms with E-state index in [1.807, 2.05) is 0 Å². The second-order valence-corrected chi connectivity index (χ2v) is 6.50. The Morgan fingerprint density at radius 3 is 2.62 bits per heavy atom. The third kappa shape index (κ3) is 2.98. The summed E-state index contributed by atoms with van der Waals surface area (Å²) in [5, 5.41) is 4.45. The largest absolute Gasteiger partial charge is 0.283 e. The monoisotopic (exact) mass is 355 g/mol. The van der Waals surface area contributed by atoms with Crippen molar-refractivity contribution in [2.45, 2.75) is 32.1 Å². The molecule has 2 heterocycles. The maximum atomic E-state index is 13.1. The molecule has 0 aliphatic heterocycles. The Bertz CT molecular complexity index is 1000. The summed E-state index contributed by atoms with van der Waals surface area (Å²) < 4.78 is 15.7. The molecule has 4 rings (SSSR count). The highest BCUT2D eigenvalue weighted by atomic mass is 19.1. The molecule has 1 aliphatic rings. The molecule has 1 aromatic carbocycles. The van der Waals surface area contributed by atoms with E-state index in [1.165, 1.54) is 29.3 Å². The third-order valence-electron chi connectivity index (χ3n) is 4.77. The number of aromatic nitrogens is 4. The number of hydrogen-bond donors (Lipinski definition) is 1. The van der Waals surface area contributed by atoms with Gasteiger partial charge in [0.25, 0.3) is 5.56 Å². The van der Waals surface area contributed by atoms with Crippen molar-refractivity contribution < 1.29 is 9.18 Å². The molecule has 0 spiro atoms. The van der Waals surface area contributed by atoms with Gasteiger partial charge in [0.15, 0.2) is 5.65 Å². The van der Waals surface area contributed by atoms with Crippen molar-refractivity contribution in [3.05, 3.63) is 53.0 Å². The molecule has 0 bridgehead atoms. The van der Waals surface area contributed by atoms with Crippen molar-refractivity contribution in [2.75, 3.05) is 5.43 Å². The van der Waals surface area contributed by atoms with Gasteiger partial charge in [0.2, 0.25) is 5.91 Å². The predicted octanol–water partition coefficient (Wildman–Crippen LogP) is 2.37. The van der Waals surface area contributed by atoms with Gasteiger partial charge in [-0.25, -0.2) is 18.7 Å². The van der Waals surface area contributed by atoms with Crippen molar-refractivity contribution in [1.82, 2.24) is 19.4 Å². The number of fused-ring (bicyclic) bond motifs is 1. The number of hydrogen-bond acceptors (Lipinski definition) is 4. The zero-order chi connectivity index (χ0) is 18.1. The SMILES string of the molecule is O=C(Nn1cnc2c(cnn2-c2ccc(F)cc2)c1=O)C1CCCCC1. The summed E-state index contributed by atoms with van der Waals surface area (Å²) in [6.07, 6.45) is 7.60. The summed E-state index contributed by atoms with van der Waals surface area (Å²) in [5.41, 5.74) is 3.20. The molecule has 8 heteroatoms. The molecule has 0 radical (unpaired) electrons. The molecule has 3 aromatic rings. The average Bonchev–Trinajstić information content (AvgIpc) is 3.10. The summed E-state index contributed by atoms with van der Waals surface area (Å²) in [7, 11) is 0. The van der Waals surface area contributed by atoms with Crippen LogP contribution in [0.25, 0.3) is 16.7 Å². The smallest absolute Gasteiger partial charge is 0.273 e. The number of carbonyl (C=O) groups is 1. The first-order valence-electron chi connectivity index (χ1n) is 8.66. The number of nitrogens with one attached hydrogen (secondary N) is 1. The summed E-state index contributed by atoms with van der Waals surface area (Å²) in [5.74, 6) is -0.571. The highest BCUT2D eigenvalue weighted by Gasteiger charge is 2.22. The van der Waals surface area contributed by atoms with Crippen LogP contribution in [0.2, 0.25) is 0 Å². The minimum absolute atomic E-state index is 0.0618. The highest BCUT2D eigenvalue weighted by molar-refractivity contribution is 5.86. The summed E-state index contributed by atoms with van der Waals surface area (Å²) in [4.78, 5) is 29.3. The molecular formula is C18H18FN5O2. The lowest BCUT2D eigenvalue weighted by molar-refractivity contribution is -0.121. The molecule has 1 N–H and O–H groups in total. The Morgan fingerprint density at radius 1 is 1.15 bits per heavy atom. The Hall–Kier alpha value is -3.03. The van der Waals surface area contributed by atoms with Crippen LogP contribution in [-0.2, 0) is 4.79 Å². The van der Waals surface area contributed by atoms with Crippen LogP contribution < -0.4 is 11.0 Å². The van der Waals surface area contributed by atoms with Gasteiger partial charge in [0.1, 0.15) is 17.5 Å². The zero-order valence-corrected chi connectivity index (χ0v) is 14.1. The fourth-order valence-corrected chi connectivity index (χ4v) is 3.34. The van der Waals surface area contributed by atoms with Gasteiger partial charge in [-0.15, -0.1) is 0 Å². The molecular weight excluding hydrogens is 337 g/mol. The molecule has 0 unspecified atom stereocenters. The zero-order valence-electron chi connectivity index (χ0n) is 14.1. The lowest BCUT2D eigenvalue weighted by Gasteiger charge is -2.20. The third-order valence-corrected chi connectivity index (χ3v) is 4.77. The molecule has 1 fully saturated rings. The van der Waals surface area contributed by atoms with E-state index < -0.39 is 5.56 Å². The van der Waals surface area contributed by atoms with Crippen LogP contribution in [0.1, 0.15) is 32.1 Å². The molecule has 0 saturated heterocycles. The Morgan fingerprint density at radius 2 is 1.88 bits per heavy atom. The first-order chi connectivity index (χ1) is 12.6. The fraction of sp³-hybridized carbons (Fsp3) is 0.333. The molecule has 7 nitrogen and oxygen atoms in total. The van der Waals surface area contributed by atoms with Gasteiger partial charge in [-0.1, -0.05) is 19.3 Å². The van der Waals surface area contributed by atoms with Gasteiger partial charge in [-0.05, 0) is 37.1 Å². The van der Waals surface area contributed by atoms with E-state index in [9.17, 15) is 14.0 Å². The van der Waals surface area contributed by atoms with Crippen molar-refractivity contribution in [1.29, 1.82) is 0 Å². The summed E-state index contributed by atoms with van der Waals surface area (Å²) in [6, 6.07) is 5.74. The van der Waals surface area contributed by atoms with Gasteiger partial charge < -0.3 is 0 Å². The molecule has 1 aliphatic carbocycles. The Labute approximate surface area is 148 Å². The lowest BCUT2D eigenvalue weighted by Crippen LogP contribution is -2.37. The number of carbonyl (C=O) groups excluding carboxylic acids is 1. The Balaban J connectivity index is 1.64. The standard InChI is InChI=1S/C18H18FN5O2/c19-13-6-8-14(9-7-13)24-16-15(10-21-24)18(26)23(11-20-16)22-17(25)12-4-2-1-3-5-12/h6-12H,1-5H2,(H,22,25). The van der Waals surface area contributed by atoms with Gasteiger partial charge in [0, 0.05) is 5.92 Å². The van der Waals surface area contributed by atoms with Crippen LogP contribution in [0.5, 0.6) is 0 Å². The molecule has 1 saturated carbocycles. The van der Waals surface area contributed by atoms with Gasteiger partial charge in [-0.3, -0.25) is 15.0 Å². The number of rotatable bonds is 3. The molecule has 134 valence electrons. The topological polar surface area (TPSA) is 81.8 Å². The predicted molar refractivity (Wildman–Crippen MR) is 94.0 cm³/mol. The minimum atomic E-state index is -0.396. The highest BCUT2D eigenvalue weighted by Crippen LogP contribution is 2.23. The quantitative estimate of drug-likeness (QED) is 0.782. The fourth-order valence-electron chi connectivity index (χ4n) is 3.34. The van der Waals surface area contributed by atoms with Crippen LogP contribution in [0.3, 0.4) is 0 Å². The van der Waals surface area contributed by atoms with Gasteiger partial charge in [-0.2, -0.15) is 5.10 Å². The average molecular weight is 355 g/mol. The van der Waals surface area contributed by atoms with Crippen molar-refractivity contribution >= 4 is 16.9 Å².